The van der Waals surface area contributed by atoms with Crippen molar-refractivity contribution >= 4 is 11.6 Å². The highest BCUT2D eigenvalue weighted by Crippen LogP contribution is 2.32. The predicted molar refractivity (Wildman–Crippen MR) is 49.2 cm³/mol. The van der Waals surface area contributed by atoms with E-state index in [-0.39, 0.29) is 11.6 Å². The highest BCUT2D eigenvalue weighted by Gasteiger charge is 2.27. The molecule has 0 N–H and O–H groups in total. The van der Waals surface area contributed by atoms with E-state index < -0.39 is 0 Å². The minimum absolute atomic E-state index is 0.0427. The molecule has 0 saturated carbocycles. The fraction of sp³-hybridized carbons (Fsp3) is 0.455. The van der Waals surface area contributed by atoms with Gasteiger partial charge in [0.15, 0.2) is 11.6 Å². The molecule has 0 bridgehead atoms. The van der Waals surface area contributed by atoms with Crippen molar-refractivity contribution in [1.29, 1.82) is 0 Å². The summed E-state index contributed by atoms with van der Waals surface area (Å²) in [5.74, 6) is 0.629. The van der Waals surface area contributed by atoms with Crippen molar-refractivity contribution in [2.24, 2.45) is 5.92 Å². The maximum atomic E-state index is 11.4. The van der Waals surface area contributed by atoms with Crippen LogP contribution in [-0.2, 0) is 9.59 Å². The summed E-state index contributed by atoms with van der Waals surface area (Å²) in [5, 5.41) is 0. The molecule has 1 unspecified atom stereocenters. The molecule has 0 spiro atoms. The molecule has 2 heteroatoms. The Hall–Kier alpha value is -1.18. The summed E-state index contributed by atoms with van der Waals surface area (Å²) in [6.45, 7) is 2.12. The molecule has 0 amide bonds. The third-order valence-corrected chi connectivity index (χ3v) is 2.78. The van der Waals surface area contributed by atoms with Gasteiger partial charge in [-0.25, -0.2) is 0 Å². The van der Waals surface area contributed by atoms with Crippen molar-refractivity contribution in [3.63, 3.8) is 0 Å². The summed E-state index contributed by atoms with van der Waals surface area (Å²) in [6.07, 6.45) is 5.40. The Morgan fingerprint density at radius 1 is 1.15 bits per heavy atom. The monoisotopic (exact) mass is 176 g/mol. The van der Waals surface area contributed by atoms with E-state index in [0.29, 0.717) is 5.92 Å². The van der Waals surface area contributed by atoms with Crippen LogP contribution in [0.2, 0.25) is 0 Å². The van der Waals surface area contributed by atoms with Gasteiger partial charge in [-0.1, -0.05) is 6.92 Å². The summed E-state index contributed by atoms with van der Waals surface area (Å²) in [4.78, 5) is 22.8. The maximum absolute atomic E-state index is 11.4. The largest absolute Gasteiger partial charge is 0.290 e. The van der Waals surface area contributed by atoms with E-state index in [4.69, 9.17) is 0 Å². The molecule has 0 radical (unpaired) electrons. The third-order valence-electron chi connectivity index (χ3n) is 2.78. The molecule has 2 nitrogen and oxygen atoms in total. The minimum atomic E-state index is 0.0427. The van der Waals surface area contributed by atoms with Crippen molar-refractivity contribution in [1.82, 2.24) is 0 Å². The van der Waals surface area contributed by atoms with Gasteiger partial charge in [0.05, 0.1) is 0 Å². The lowest BCUT2D eigenvalue weighted by atomic mass is 9.79. The van der Waals surface area contributed by atoms with E-state index in [9.17, 15) is 9.59 Å². The summed E-state index contributed by atoms with van der Waals surface area (Å²) < 4.78 is 0. The van der Waals surface area contributed by atoms with Gasteiger partial charge in [-0.2, -0.15) is 0 Å². The Morgan fingerprint density at radius 2 is 1.77 bits per heavy atom. The lowest BCUT2D eigenvalue weighted by molar-refractivity contribution is -0.115. The average molecular weight is 176 g/mol. The van der Waals surface area contributed by atoms with E-state index in [1.165, 1.54) is 12.2 Å². The van der Waals surface area contributed by atoms with E-state index >= 15 is 0 Å². The van der Waals surface area contributed by atoms with Crippen LogP contribution >= 0.6 is 0 Å². The van der Waals surface area contributed by atoms with Crippen LogP contribution in [0.4, 0.5) is 0 Å². The highest BCUT2D eigenvalue weighted by atomic mass is 16.1. The smallest absolute Gasteiger partial charge is 0.182 e. The molecule has 2 rings (SSSR count). The second-order valence-electron chi connectivity index (χ2n) is 3.87. The SMILES string of the molecule is CC1CCC2=C(C1)C(=O)C=CC2=O. The first-order valence-electron chi connectivity index (χ1n) is 4.67. The number of allylic oxidation sites excluding steroid dienone is 4. The van der Waals surface area contributed by atoms with Crippen LogP contribution in [-0.4, -0.2) is 11.6 Å². The van der Waals surface area contributed by atoms with E-state index in [0.717, 1.165) is 30.4 Å². The zero-order valence-corrected chi connectivity index (χ0v) is 7.67. The van der Waals surface area contributed by atoms with Crippen molar-refractivity contribution < 1.29 is 9.59 Å². The van der Waals surface area contributed by atoms with E-state index in [1.54, 1.807) is 0 Å². The summed E-state index contributed by atoms with van der Waals surface area (Å²) in [6, 6.07) is 0. The first-order chi connectivity index (χ1) is 6.18. The van der Waals surface area contributed by atoms with Crippen LogP contribution in [0, 0.1) is 5.92 Å². The van der Waals surface area contributed by atoms with Gasteiger partial charge in [0.25, 0.3) is 0 Å². The van der Waals surface area contributed by atoms with Gasteiger partial charge in [-0.3, -0.25) is 9.59 Å². The minimum Gasteiger partial charge on any atom is -0.290 e. The Labute approximate surface area is 77.3 Å². The zero-order valence-electron chi connectivity index (χ0n) is 7.67. The molecule has 0 aromatic rings. The second-order valence-corrected chi connectivity index (χ2v) is 3.87. The lowest BCUT2D eigenvalue weighted by Gasteiger charge is -2.23. The fourth-order valence-electron chi connectivity index (χ4n) is 1.99. The molecular formula is C11H12O2. The Balaban J connectivity index is 2.39. The Kier molecular flexibility index (Phi) is 1.91. The van der Waals surface area contributed by atoms with Crippen LogP contribution in [0.3, 0.4) is 0 Å². The molecule has 2 aliphatic carbocycles. The van der Waals surface area contributed by atoms with Crippen LogP contribution in [0.25, 0.3) is 0 Å². The summed E-state index contributed by atoms with van der Waals surface area (Å²) in [7, 11) is 0. The van der Waals surface area contributed by atoms with Gasteiger partial charge in [-0.05, 0) is 37.3 Å². The molecule has 68 valence electrons. The molecule has 13 heavy (non-hydrogen) atoms. The number of ketones is 2. The number of carbonyl (C=O) groups excluding carboxylic acids is 2. The molecule has 2 aliphatic rings. The first kappa shape index (κ1) is 8.42. The maximum Gasteiger partial charge on any atom is 0.182 e. The predicted octanol–water partition coefficient (Wildman–Crippen LogP) is 1.81. The van der Waals surface area contributed by atoms with E-state index in [2.05, 4.69) is 6.92 Å². The molecule has 0 heterocycles. The summed E-state index contributed by atoms with van der Waals surface area (Å²) in [5.41, 5.74) is 1.54. The molecule has 0 aromatic heterocycles. The molecular weight excluding hydrogens is 164 g/mol. The lowest BCUT2D eigenvalue weighted by Crippen LogP contribution is -2.20. The highest BCUT2D eigenvalue weighted by molar-refractivity contribution is 6.20. The third kappa shape index (κ3) is 1.37. The molecule has 0 aliphatic heterocycles. The van der Waals surface area contributed by atoms with Crippen molar-refractivity contribution in [3.05, 3.63) is 23.3 Å². The molecule has 0 fully saturated rings. The standard InChI is InChI=1S/C11H12O2/c1-7-2-3-8-9(6-7)11(13)5-4-10(8)12/h4-5,7H,2-3,6H2,1H3. The van der Waals surface area contributed by atoms with E-state index in [1.807, 2.05) is 0 Å². The van der Waals surface area contributed by atoms with Gasteiger partial charge in [0, 0.05) is 11.1 Å². The van der Waals surface area contributed by atoms with Crippen LogP contribution in [0.15, 0.2) is 23.3 Å². The van der Waals surface area contributed by atoms with Crippen molar-refractivity contribution in [3.8, 4) is 0 Å². The number of hydrogen-bond donors (Lipinski definition) is 0. The van der Waals surface area contributed by atoms with Crippen LogP contribution < -0.4 is 0 Å². The Bertz CT molecular complexity index is 334. The zero-order chi connectivity index (χ0) is 9.42. The number of rotatable bonds is 0. The average Bonchev–Trinajstić information content (AvgIpc) is 2.12. The molecule has 1 atom stereocenters. The molecule has 0 aromatic carbocycles. The van der Waals surface area contributed by atoms with Crippen molar-refractivity contribution in [2.75, 3.05) is 0 Å². The Morgan fingerprint density at radius 3 is 2.46 bits per heavy atom. The van der Waals surface area contributed by atoms with Gasteiger partial charge >= 0.3 is 0 Å². The van der Waals surface area contributed by atoms with Gasteiger partial charge in [-0.15, -0.1) is 0 Å². The fourth-order valence-corrected chi connectivity index (χ4v) is 1.99. The number of carbonyl (C=O) groups is 2. The second kappa shape index (κ2) is 2.95. The van der Waals surface area contributed by atoms with Gasteiger partial charge in [0.1, 0.15) is 0 Å². The van der Waals surface area contributed by atoms with Crippen molar-refractivity contribution in [2.45, 2.75) is 26.2 Å². The van der Waals surface area contributed by atoms with Crippen LogP contribution in [0.1, 0.15) is 26.2 Å². The van der Waals surface area contributed by atoms with Gasteiger partial charge in [0.2, 0.25) is 0 Å². The normalized spacial score (nSPS) is 27.9. The topological polar surface area (TPSA) is 34.1 Å². The number of hydrogen-bond acceptors (Lipinski definition) is 2. The van der Waals surface area contributed by atoms with Gasteiger partial charge < -0.3 is 0 Å². The summed E-state index contributed by atoms with van der Waals surface area (Å²) >= 11 is 0. The first-order valence-corrected chi connectivity index (χ1v) is 4.67. The van der Waals surface area contributed by atoms with Crippen LogP contribution in [0.5, 0.6) is 0 Å². The molecule has 0 saturated heterocycles. The quantitative estimate of drug-likeness (QED) is 0.527.